The molecule has 4 rings (SSSR count). The number of nitrogens with zero attached hydrogens (tertiary/aromatic N) is 2. The molecule has 30 heavy (non-hydrogen) atoms. The Balaban J connectivity index is 1.49. The minimum absolute atomic E-state index is 0.275. The van der Waals surface area contributed by atoms with E-state index in [9.17, 15) is 0 Å². The fourth-order valence-electron chi connectivity index (χ4n) is 4.44. The van der Waals surface area contributed by atoms with Crippen LogP contribution in [0.3, 0.4) is 0 Å². The van der Waals surface area contributed by atoms with Crippen molar-refractivity contribution >= 4 is 27.4 Å². The van der Waals surface area contributed by atoms with Gasteiger partial charge >= 0.3 is 0 Å². The van der Waals surface area contributed by atoms with Crippen LogP contribution in [0, 0.1) is 22.7 Å². The van der Waals surface area contributed by atoms with Crippen LogP contribution in [0.1, 0.15) is 36.6 Å². The second-order valence-electron chi connectivity index (χ2n) is 8.06. The Labute approximate surface area is 178 Å². The van der Waals surface area contributed by atoms with Crippen LogP contribution in [0.5, 0.6) is 0 Å². The van der Waals surface area contributed by atoms with Gasteiger partial charge in [0, 0.05) is 30.4 Å². The van der Waals surface area contributed by atoms with Gasteiger partial charge in [-0.05, 0) is 65.1 Å². The van der Waals surface area contributed by atoms with E-state index in [4.69, 9.17) is 10.7 Å². The highest BCUT2D eigenvalue weighted by Gasteiger charge is 2.16. The largest absolute Gasteiger partial charge is 0.348 e. The molecule has 3 heteroatoms. The van der Waals surface area contributed by atoms with E-state index in [1.165, 1.54) is 27.4 Å². The molecule has 1 N–H and O–H groups in total. The van der Waals surface area contributed by atoms with Crippen molar-refractivity contribution in [2.24, 2.45) is 13.0 Å². The average Bonchev–Trinajstić information content (AvgIpc) is 3.09. The Kier molecular flexibility index (Phi) is 5.68. The molecule has 0 aliphatic heterocycles. The highest BCUT2D eigenvalue weighted by Crippen LogP contribution is 2.25. The molecule has 4 aromatic rings. The summed E-state index contributed by atoms with van der Waals surface area (Å²) in [5.74, 6) is 0.275. The topological polar surface area (TPSA) is 52.6 Å². The lowest BCUT2D eigenvalue weighted by atomic mass is 9.89. The van der Waals surface area contributed by atoms with Crippen LogP contribution in [0.25, 0.3) is 21.7 Å². The maximum atomic E-state index is 9.17. The molecule has 1 atom stereocenters. The molecule has 0 aliphatic carbocycles. The number of fused-ring (bicyclic) bond motifs is 2. The van der Waals surface area contributed by atoms with Gasteiger partial charge in [-0.25, -0.2) is 0 Å². The number of aryl methyl sites for hydroxylation is 2. The average molecular weight is 394 g/mol. The summed E-state index contributed by atoms with van der Waals surface area (Å²) in [6.45, 7) is 2.18. The Morgan fingerprint density at radius 3 is 2.63 bits per heavy atom. The molecule has 1 heterocycles. The monoisotopic (exact) mass is 393 g/mol. The van der Waals surface area contributed by atoms with Crippen molar-refractivity contribution in [2.45, 2.75) is 32.6 Å². The molecule has 3 nitrogen and oxygen atoms in total. The third-order valence-electron chi connectivity index (χ3n) is 6.27. The molecule has 0 saturated heterocycles. The van der Waals surface area contributed by atoms with Gasteiger partial charge in [0.25, 0.3) is 0 Å². The molecule has 0 saturated carbocycles. The lowest BCUT2D eigenvalue weighted by Gasteiger charge is -2.17. The highest BCUT2D eigenvalue weighted by atomic mass is 14.9. The zero-order valence-corrected chi connectivity index (χ0v) is 17.7. The quantitative estimate of drug-likeness (QED) is 0.362. The molecule has 1 aromatic heterocycles. The van der Waals surface area contributed by atoms with Crippen molar-refractivity contribution in [1.82, 2.24) is 4.57 Å². The van der Waals surface area contributed by atoms with E-state index in [1.54, 1.807) is 0 Å². The van der Waals surface area contributed by atoms with Gasteiger partial charge in [0.2, 0.25) is 0 Å². The molecule has 0 unspecified atom stereocenters. The van der Waals surface area contributed by atoms with Crippen LogP contribution in [-0.4, -0.2) is 10.3 Å². The van der Waals surface area contributed by atoms with Crippen molar-refractivity contribution < 1.29 is 0 Å². The number of nitriles is 1. The molecule has 3 aromatic carbocycles. The molecular formula is C27H27N3. The first kappa shape index (κ1) is 19.9. The second kappa shape index (κ2) is 8.55. The highest BCUT2D eigenvalue weighted by molar-refractivity contribution is 5.92. The SMILES string of the molecule is CC[C@@H](CCc1cc2ccc(C#N)cc2n1C)C(=N)Cc1cccc2ccccc12. The molecule has 0 aliphatic rings. The van der Waals surface area contributed by atoms with Crippen molar-refractivity contribution in [3.63, 3.8) is 0 Å². The first-order valence-corrected chi connectivity index (χ1v) is 10.6. The van der Waals surface area contributed by atoms with E-state index in [-0.39, 0.29) is 5.92 Å². The smallest absolute Gasteiger partial charge is 0.0992 e. The minimum atomic E-state index is 0.275. The first-order valence-electron chi connectivity index (χ1n) is 10.6. The van der Waals surface area contributed by atoms with Crippen molar-refractivity contribution in [3.8, 4) is 6.07 Å². The summed E-state index contributed by atoms with van der Waals surface area (Å²) in [5, 5.41) is 21.6. The zero-order valence-electron chi connectivity index (χ0n) is 17.7. The lowest BCUT2D eigenvalue weighted by Crippen LogP contribution is -2.17. The minimum Gasteiger partial charge on any atom is -0.348 e. The number of nitrogens with one attached hydrogen (secondary N) is 1. The maximum absolute atomic E-state index is 9.17. The van der Waals surface area contributed by atoms with Gasteiger partial charge in [0.15, 0.2) is 0 Å². The third-order valence-corrected chi connectivity index (χ3v) is 6.27. The number of aromatic nitrogens is 1. The summed E-state index contributed by atoms with van der Waals surface area (Å²) in [7, 11) is 2.07. The molecular weight excluding hydrogens is 366 g/mol. The van der Waals surface area contributed by atoms with Crippen LogP contribution in [-0.2, 0) is 19.9 Å². The summed E-state index contributed by atoms with van der Waals surface area (Å²) in [4.78, 5) is 0. The third kappa shape index (κ3) is 3.86. The van der Waals surface area contributed by atoms with Gasteiger partial charge in [-0.1, -0.05) is 55.5 Å². The number of hydrogen-bond acceptors (Lipinski definition) is 2. The van der Waals surface area contributed by atoms with Gasteiger partial charge in [0.05, 0.1) is 11.6 Å². The van der Waals surface area contributed by atoms with Crippen molar-refractivity contribution in [1.29, 1.82) is 10.7 Å². The lowest BCUT2D eigenvalue weighted by molar-refractivity contribution is 0.584. The summed E-state index contributed by atoms with van der Waals surface area (Å²) in [5.41, 5.74) is 5.11. The Hall–Kier alpha value is -3.38. The van der Waals surface area contributed by atoms with Crippen LogP contribution < -0.4 is 0 Å². The zero-order chi connectivity index (χ0) is 21.1. The first-order chi connectivity index (χ1) is 14.6. The van der Waals surface area contributed by atoms with Gasteiger partial charge in [-0.2, -0.15) is 5.26 Å². The van der Waals surface area contributed by atoms with Crippen molar-refractivity contribution in [2.75, 3.05) is 0 Å². The van der Waals surface area contributed by atoms with E-state index >= 15 is 0 Å². The van der Waals surface area contributed by atoms with Crippen LogP contribution in [0.4, 0.5) is 0 Å². The van der Waals surface area contributed by atoms with Gasteiger partial charge in [0.1, 0.15) is 0 Å². The van der Waals surface area contributed by atoms with E-state index in [1.807, 2.05) is 18.2 Å². The Morgan fingerprint density at radius 2 is 1.83 bits per heavy atom. The summed E-state index contributed by atoms with van der Waals surface area (Å²) >= 11 is 0. The normalized spacial score (nSPS) is 12.2. The summed E-state index contributed by atoms with van der Waals surface area (Å²) in [6, 6.07) is 25.1. The molecule has 0 bridgehead atoms. The van der Waals surface area contributed by atoms with Crippen LogP contribution in [0.15, 0.2) is 66.7 Å². The van der Waals surface area contributed by atoms with Crippen molar-refractivity contribution in [3.05, 3.63) is 83.6 Å². The van der Waals surface area contributed by atoms with Gasteiger partial charge < -0.3 is 9.98 Å². The van der Waals surface area contributed by atoms with Crippen LogP contribution >= 0.6 is 0 Å². The van der Waals surface area contributed by atoms with E-state index < -0.39 is 0 Å². The summed E-state index contributed by atoms with van der Waals surface area (Å²) in [6.07, 6.45) is 3.59. The second-order valence-corrected chi connectivity index (χ2v) is 8.06. The predicted molar refractivity (Wildman–Crippen MR) is 125 cm³/mol. The molecule has 150 valence electrons. The predicted octanol–water partition coefficient (Wildman–Crippen LogP) is 6.42. The van der Waals surface area contributed by atoms with Crippen LogP contribution in [0.2, 0.25) is 0 Å². The van der Waals surface area contributed by atoms with Gasteiger partial charge in [-0.15, -0.1) is 0 Å². The fourth-order valence-corrected chi connectivity index (χ4v) is 4.44. The number of rotatable bonds is 7. The van der Waals surface area contributed by atoms with E-state index in [2.05, 4.69) is 73.1 Å². The number of hydrogen-bond donors (Lipinski definition) is 1. The molecule has 0 amide bonds. The number of benzene rings is 3. The summed E-state index contributed by atoms with van der Waals surface area (Å²) < 4.78 is 2.19. The molecule has 0 fully saturated rings. The van der Waals surface area contributed by atoms with Gasteiger partial charge in [-0.3, -0.25) is 0 Å². The standard InChI is InChI=1S/C27H27N3/c1-3-20(26(29)17-22-9-6-8-21-7-4-5-10-25(21)22)13-14-24-16-23-12-11-19(18-28)15-27(23)30(24)2/h4-12,15-16,20,29H,3,13-14,17H2,1-2H3/t20-/m0/s1. The molecule has 0 spiro atoms. The van der Waals surface area contributed by atoms with E-state index in [0.717, 1.165) is 30.5 Å². The Morgan fingerprint density at radius 1 is 1.03 bits per heavy atom. The fraction of sp³-hybridized carbons (Fsp3) is 0.259. The van der Waals surface area contributed by atoms with E-state index in [0.29, 0.717) is 12.0 Å². The maximum Gasteiger partial charge on any atom is 0.0992 e. The Bertz CT molecular complexity index is 1250. The molecule has 0 radical (unpaired) electrons.